The number of aromatic nitrogens is 1. The molecule has 0 radical (unpaired) electrons. The average Bonchev–Trinajstić information content (AvgIpc) is 3.29. The summed E-state index contributed by atoms with van der Waals surface area (Å²) in [5.41, 5.74) is 4.15. The van der Waals surface area contributed by atoms with Crippen LogP contribution >= 0.6 is 11.3 Å². The van der Waals surface area contributed by atoms with Gasteiger partial charge in [-0.05, 0) is 36.4 Å². The molecule has 4 aromatic carbocycles. The molecule has 32 heavy (non-hydrogen) atoms. The molecule has 5 rings (SSSR count). The van der Waals surface area contributed by atoms with Gasteiger partial charge in [0.05, 0.1) is 15.9 Å². The third kappa shape index (κ3) is 3.94. The minimum Gasteiger partial charge on any atom is -0.321 e. The van der Waals surface area contributed by atoms with Crippen molar-refractivity contribution in [2.45, 2.75) is 0 Å². The molecule has 0 atom stereocenters. The molecule has 0 saturated carbocycles. The van der Waals surface area contributed by atoms with Crippen LogP contribution in [-0.2, 0) is 0 Å². The van der Waals surface area contributed by atoms with E-state index in [4.69, 9.17) is 4.98 Å². The van der Waals surface area contributed by atoms with E-state index >= 15 is 0 Å². The number of ketones is 1. The summed E-state index contributed by atoms with van der Waals surface area (Å²) < 4.78 is 1.10. The number of carbonyl (C=O) groups excluding carboxylic acids is 2. The highest BCUT2D eigenvalue weighted by atomic mass is 32.1. The van der Waals surface area contributed by atoms with Crippen molar-refractivity contribution in [3.63, 3.8) is 0 Å². The maximum absolute atomic E-state index is 12.9. The van der Waals surface area contributed by atoms with Gasteiger partial charge in [0.15, 0.2) is 5.78 Å². The summed E-state index contributed by atoms with van der Waals surface area (Å²) in [6.45, 7) is 0. The highest BCUT2D eigenvalue weighted by molar-refractivity contribution is 7.21. The Morgan fingerprint density at radius 3 is 2.06 bits per heavy atom. The lowest BCUT2D eigenvalue weighted by molar-refractivity contribution is 0.102. The normalized spacial score (nSPS) is 10.8. The van der Waals surface area contributed by atoms with Crippen molar-refractivity contribution >= 4 is 38.9 Å². The van der Waals surface area contributed by atoms with Crippen LogP contribution in [0, 0.1) is 0 Å². The molecule has 0 unspecified atom stereocenters. The van der Waals surface area contributed by atoms with Crippen molar-refractivity contribution in [1.82, 2.24) is 4.98 Å². The summed E-state index contributed by atoms with van der Waals surface area (Å²) >= 11 is 1.59. The third-order valence-corrected chi connectivity index (χ3v) is 6.21. The third-order valence-electron chi connectivity index (χ3n) is 5.14. The van der Waals surface area contributed by atoms with Crippen molar-refractivity contribution < 1.29 is 9.59 Å². The van der Waals surface area contributed by atoms with E-state index in [1.165, 1.54) is 0 Å². The Morgan fingerprint density at radius 1 is 0.656 bits per heavy atom. The number of fused-ring (bicyclic) bond motifs is 1. The number of amides is 1. The molecular formula is C27H18N2O2S. The zero-order chi connectivity index (χ0) is 21.9. The number of anilines is 1. The molecule has 1 amide bonds. The van der Waals surface area contributed by atoms with Gasteiger partial charge >= 0.3 is 0 Å². The second-order valence-corrected chi connectivity index (χ2v) is 8.29. The standard InChI is InChI=1S/C27H18N2O2S/c30-25(18-8-2-1-3-9-18)19-14-16-20(17-15-19)26(31)28-22-11-5-4-10-21(22)27-29-23-12-6-7-13-24(23)32-27/h1-17H,(H,28,31). The summed E-state index contributed by atoms with van der Waals surface area (Å²) in [4.78, 5) is 30.2. The van der Waals surface area contributed by atoms with Gasteiger partial charge in [-0.25, -0.2) is 4.98 Å². The largest absolute Gasteiger partial charge is 0.321 e. The first-order valence-corrected chi connectivity index (χ1v) is 11.0. The van der Waals surface area contributed by atoms with Crippen LogP contribution in [0.25, 0.3) is 20.8 Å². The summed E-state index contributed by atoms with van der Waals surface area (Å²) in [5.74, 6) is -0.309. The Kier molecular flexibility index (Phi) is 5.32. The molecule has 1 N–H and O–H groups in total. The second kappa shape index (κ2) is 8.57. The quantitative estimate of drug-likeness (QED) is 0.324. The summed E-state index contributed by atoms with van der Waals surface area (Å²) in [6, 6.07) is 31.4. The van der Waals surface area contributed by atoms with Crippen LogP contribution in [0.1, 0.15) is 26.3 Å². The zero-order valence-electron chi connectivity index (χ0n) is 17.0. The van der Waals surface area contributed by atoms with E-state index in [0.717, 1.165) is 20.8 Å². The molecule has 0 saturated heterocycles. The Balaban J connectivity index is 1.38. The van der Waals surface area contributed by atoms with Crippen molar-refractivity contribution in [1.29, 1.82) is 0 Å². The SMILES string of the molecule is O=C(Nc1ccccc1-c1nc2ccccc2s1)c1ccc(C(=O)c2ccccc2)cc1. The first kappa shape index (κ1) is 19.8. The van der Waals surface area contributed by atoms with Crippen molar-refractivity contribution in [2.24, 2.45) is 0 Å². The molecule has 4 nitrogen and oxygen atoms in total. The molecule has 0 aliphatic rings. The van der Waals surface area contributed by atoms with Gasteiger partial charge in [0.1, 0.15) is 5.01 Å². The van der Waals surface area contributed by atoms with E-state index in [9.17, 15) is 9.59 Å². The van der Waals surface area contributed by atoms with Gasteiger partial charge in [0.2, 0.25) is 0 Å². The highest BCUT2D eigenvalue weighted by Gasteiger charge is 2.14. The van der Waals surface area contributed by atoms with Crippen molar-refractivity contribution in [2.75, 3.05) is 5.32 Å². The topological polar surface area (TPSA) is 59.1 Å². The number of hydrogen-bond donors (Lipinski definition) is 1. The molecule has 1 heterocycles. The van der Waals surface area contributed by atoms with Gasteiger partial charge < -0.3 is 5.32 Å². The van der Waals surface area contributed by atoms with Gasteiger partial charge in [-0.2, -0.15) is 0 Å². The van der Waals surface area contributed by atoms with Crippen LogP contribution in [0.4, 0.5) is 5.69 Å². The minimum atomic E-state index is -0.239. The van der Waals surface area contributed by atoms with E-state index < -0.39 is 0 Å². The molecule has 0 aliphatic carbocycles. The number of rotatable bonds is 5. The lowest BCUT2D eigenvalue weighted by Crippen LogP contribution is -2.13. The molecule has 0 bridgehead atoms. The number of para-hydroxylation sites is 2. The van der Waals surface area contributed by atoms with Gasteiger partial charge in [-0.15, -0.1) is 11.3 Å². The fourth-order valence-corrected chi connectivity index (χ4v) is 4.49. The fraction of sp³-hybridized carbons (Fsp3) is 0. The molecule has 154 valence electrons. The van der Waals surface area contributed by atoms with Crippen molar-refractivity contribution in [3.05, 3.63) is 120 Å². The molecular weight excluding hydrogens is 416 g/mol. The van der Waals surface area contributed by atoms with Crippen LogP contribution in [0.15, 0.2) is 103 Å². The number of nitrogens with one attached hydrogen (secondary N) is 1. The summed E-state index contributed by atoms with van der Waals surface area (Å²) in [7, 11) is 0. The predicted octanol–water partition coefficient (Wildman–Crippen LogP) is 6.45. The Morgan fingerprint density at radius 2 is 1.28 bits per heavy atom. The van der Waals surface area contributed by atoms with Crippen LogP contribution < -0.4 is 5.32 Å². The molecule has 0 aliphatic heterocycles. The van der Waals surface area contributed by atoms with Crippen LogP contribution in [0.2, 0.25) is 0 Å². The van der Waals surface area contributed by atoms with Crippen molar-refractivity contribution in [3.8, 4) is 10.6 Å². The first-order valence-electron chi connectivity index (χ1n) is 10.2. The zero-order valence-corrected chi connectivity index (χ0v) is 17.8. The number of thiazole rings is 1. The summed E-state index contributed by atoms with van der Waals surface area (Å²) in [5, 5.41) is 3.85. The predicted molar refractivity (Wildman–Crippen MR) is 129 cm³/mol. The molecule has 1 aromatic heterocycles. The van der Waals surface area contributed by atoms with Gasteiger partial charge in [-0.1, -0.05) is 66.7 Å². The van der Waals surface area contributed by atoms with E-state index in [-0.39, 0.29) is 11.7 Å². The Bertz CT molecular complexity index is 1390. The van der Waals surface area contributed by atoms with E-state index in [1.54, 1.807) is 47.7 Å². The number of hydrogen-bond acceptors (Lipinski definition) is 4. The number of carbonyl (C=O) groups is 2. The lowest BCUT2D eigenvalue weighted by atomic mass is 10.0. The van der Waals surface area contributed by atoms with E-state index in [1.807, 2.05) is 66.7 Å². The van der Waals surface area contributed by atoms with Crippen LogP contribution in [0.5, 0.6) is 0 Å². The maximum atomic E-state index is 12.9. The smallest absolute Gasteiger partial charge is 0.255 e. The Labute approximate surface area is 189 Å². The molecule has 0 fully saturated rings. The van der Waals surface area contributed by atoms with Crippen LogP contribution in [-0.4, -0.2) is 16.7 Å². The highest BCUT2D eigenvalue weighted by Crippen LogP contribution is 2.34. The van der Waals surface area contributed by atoms with Gasteiger partial charge in [0, 0.05) is 22.3 Å². The summed E-state index contributed by atoms with van der Waals surface area (Å²) in [6.07, 6.45) is 0. The van der Waals surface area contributed by atoms with Gasteiger partial charge in [0.25, 0.3) is 5.91 Å². The molecule has 5 aromatic rings. The lowest BCUT2D eigenvalue weighted by Gasteiger charge is -2.10. The number of nitrogens with zero attached hydrogens (tertiary/aromatic N) is 1. The fourth-order valence-electron chi connectivity index (χ4n) is 3.49. The second-order valence-electron chi connectivity index (χ2n) is 7.26. The Hall–Kier alpha value is -4.09. The maximum Gasteiger partial charge on any atom is 0.255 e. The molecule has 5 heteroatoms. The molecule has 0 spiro atoms. The van der Waals surface area contributed by atoms with Crippen LogP contribution in [0.3, 0.4) is 0 Å². The van der Waals surface area contributed by atoms with E-state index in [2.05, 4.69) is 5.32 Å². The van der Waals surface area contributed by atoms with E-state index in [0.29, 0.717) is 22.4 Å². The first-order chi connectivity index (χ1) is 15.7. The monoisotopic (exact) mass is 434 g/mol. The average molecular weight is 435 g/mol. The minimum absolute atomic E-state index is 0.0706. The van der Waals surface area contributed by atoms with Gasteiger partial charge in [-0.3, -0.25) is 9.59 Å². The number of benzene rings is 4.